The van der Waals surface area contributed by atoms with Crippen molar-refractivity contribution in [3.8, 4) is 5.69 Å². The van der Waals surface area contributed by atoms with Crippen molar-refractivity contribution in [2.75, 3.05) is 25.0 Å². The third-order valence-electron chi connectivity index (χ3n) is 5.02. The molecule has 0 radical (unpaired) electrons. The summed E-state index contributed by atoms with van der Waals surface area (Å²) in [6, 6.07) is 5.09. The summed E-state index contributed by atoms with van der Waals surface area (Å²) in [5.74, 6) is 0. The van der Waals surface area contributed by atoms with Gasteiger partial charge in [0.25, 0.3) is 0 Å². The number of nitrogens with one attached hydrogen (secondary N) is 1. The van der Waals surface area contributed by atoms with Gasteiger partial charge in [0, 0.05) is 25.2 Å². The molecule has 1 atom stereocenters. The van der Waals surface area contributed by atoms with Gasteiger partial charge in [-0.25, -0.2) is 14.5 Å². The number of carbonyl (C=O) groups excluding carboxylic acids is 1. The van der Waals surface area contributed by atoms with E-state index in [0.29, 0.717) is 42.5 Å². The maximum absolute atomic E-state index is 12.5. The standard InChI is InChI=1S/C17H20ClN5O3/c18-14-7-12(1-2-15(14)23-11-19-10-20-23)21-16(25)22-5-3-17(4-6-22)8-13(24)9-26-17/h1-2,7,10-11,13,24H,3-6,8-9H2,(H,21,25). The van der Waals surface area contributed by atoms with Crippen molar-refractivity contribution >= 4 is 23.3 Å². The largest absolute Gasteiger partial charge is 0.391 e. The van der Waals surface area contributed by atoms with E-state index < -0.39 is 0 Å². The first kappa shape index (κ1) is 17.3. The van der Waals surface area contributed by atoms with E-state index in [0.717, 1.165) is 12.8 Å². The molecule has 2 aliphatic rings. The number of amides is 2. The van der Waals surface area contributed by atoms with E-state index in [1.165, 1.54) is 6.33 Å². The maximum Gasteiger partial charge on any atom is 0.321 e. The number of anilines is 1. The number of halogens is 1. The Balaban J connectivity index is 1.37. The lowest BCUT2D eigenvalue weighted by molar-refractivity contribution is -0.0365. The summed E-state index contributed by atoms with van der Waals surface area (Å²) in [6.07, 6.45) is 4.74. The molecule has 2 saturated heterocycles. The highest BCUT2D eigenvalue weighted by molar-refractivity contribution is 6.32. The first-order chi connectivity index (χ1) is 12.5. The number of hydrogen-bond acceptors (Lipinski definition) is 5. The molecule has 138 valence electrons. The molecule has 4 rings (SSSR count). The van der Waals surface area contributed by atoms with Crippen molar-refractivity contribution in [1.29, 1.82) is 0 Å². The minimum absolute atomic E-state index is 0.164. The zero-order valence-corrected chi connectivity index (χ0v) is 14.9. The number of aliphatic hydroxyl groups is 1. The number of carbonyl (C=O) groups is 1. The van der Waals surface area contributed by atoms with Crippen molar-refractivity contribution in [1.82, 2.24) is 19.7 Å². The second kappa shape index (κ2) is 6.86. The summed E-state index contributed by atoms with van der Waals surface area (Å²) in [7, 11) is 0. The summed E-state index contributed by atoms with van der Waals surface area (Å²) >= 11 is 6.29. The molecule has 3 heterocycles. The van der Waals surface area contributed by atoms with Gasteiger partial charge < -0.3 is 20.1 Å². The van der Waals surface area contributed by atoms with E-state index >= 15 is 0 Å². The Morgan fingerprint density at radius 1 is 1.38 bits per heavy atom. The Labute approximate surface area is 155 Å². The number of hydrogen-bond donors (Lipinski definition) is 2. The highest BCUT2D eigenvalue weighted by Crippen LogP contribution is 2.36. The second-order valence-electron chi connectivity index (χ2n) is 6.78. The fourth-order valence-electron chi connectivity index (χ4n) is 3.59. The SMILES string of the molecule is O=C(Nc1ccc(-n2cncn2)c(Cl)c1)N1CCC2(CC1)CC(O)CO2. The topological polar surface area (TPSA) is 92.5 Å². The second-order valence-corrected chi connectivity index (χ2v) is 7.18. The van der Waals surface area contributed by atoms with Gasteiger partial charge in [0.05, 0.1) is 29.0 Å². The zero-order valence-electron chi connectivity index (χ0n) is 14.1. The molecule has 2 N–H and O–H groups in total. The van der Waals surface area contributed by atoms with Gasteiger partial charge in [-0.2, -0.15) is 5.10 Å². The lowest BCUT2D eigenvalue weighted by Crippen LogP contribution is -2.47. The van der Waals surface area contributed by atoms with Crippen molar-refractivity contribution in [3.05, 3.63) is 35.9 Å². The van der Waals surface area contributed by atoms with Crippen molar-refractivity contribution in [2.24, 2.45) is 0 Å². The number of aliphatic hydroxyl groups excluding tert-OH is 1. The predicted octanol–water partition coefficient (Wildman–Crippen LogP) is 2.07. The summed E-state index contributed by atoms with van der Waals surface area (Å²) in [5, 5.41) is 17.1. The first-order valence-electron chi connectivity index (χ1n) is 8.57. The maximum atomic E-state index is 12.5. The van der Waals surface area contributed by atoms with E-state index in [9.17, 15) is 9.90 Å². The van der Waals surface area contributed by atoms with E-state index in [1.807, 2.05) is 0 Å². The number of rotatable bonds is 2. The quantitative estimate of drug-likeness (QED) is 0.835. The molecule has 2 aliphatic heterocycles. The van der Waals surface area contributed by atoms with Crippen LogP contribution in [0.2, 0.25) is 5.02 Å². The van der Waals surface area contributed by atoms with Crippen LogP contribution in [0.3, 0.4) is 0 Å². The molecule has 2 amide bonds. The first-order valence-corrected chi connectivity index (χ1v) is 8.95. The van der Waals surface area contributed by atoms with Crippen LogP contribution in [-0.2, 0) is 4.74 Å². The smallest absolute Gasteiger partial charge is 0.321 e. The predicted molar refractivity (Wildman–Crippen MR) is 95.5 cm³/mol. The normalized spacial score (nSPS) is 21.9. The molecule has 1 aromatic carbocycles. The zero-order chi connectivity index (χ0) is 18.1. The van der Waals surface area contributed by atoms with Gasteiger partial charge in [0.2, 0.25) is 0 Å². The number of piperidine rings is 1. The van der Waals surface area contributed by atoms with Crippen LogP contribution in [0.5, 0.6) is 0 Å². The molecular formula is C17H20ClN5O3. The van der Waals surface area contributed by atoms with Crippen LogP contribution in [0.15, 0.2) is 30.9 Å². The van der Waals surface area contributed by atoms with Gasteiger partial charge in [-0.05, 0) is 31.0 Å². The van der Waals surface area contributed by atoms with Crippen LogP contribution in [0.25, 0.3) is 5.69 Å². The molecule has 9 heteroatoms. The molecule has 0 bridgehead atoms. The molecule has 0 saturated carbocycles. The summed E-state index contributed by atoms with van der Waals surface area (Å²) < 4.78 is 7.33. The molecule has 1 spiro atoms. The Morgan fingerprint density at radius 2 is 2.19 bits per heavy atom. The minimum Gasteiger partial charge on any atom is -0.391 e. The summed E-state index contributed by atoms with van der Waals surface area (Å²) in [6.45, 7) is 1.59. The fourth-order valence-corrected chi connectivity index (χ4v) is 3.86. The monoisotopic (exact) mass is 377 g/mol. The highest BCUT2D eigenvalue weighted by Gasteiger charge is 2.42. The number of urea groups is 1. The van der Waals surface area contributed by atoms with Gasteiger partial charge in [-0.3, -0.25) is 0 Å². The van der Waals surface area contributed by atoms with Crippen LogP contribution in [0.1, 0.15) is 19.3 Å². The number of aromatic nitrogens is 3. The van der Waals surface area contributed by atoms with Gasteiger partial charge >= 0.3 is 6.03 Å². The van der Waals surface area contributed by atoms with Gasteiger partial charge in [0.1, 0.15) is 12.7 Å². The number of benzene rings is 1. The molecule has 2 fully saturated rings. The lowest BCUT2D eigenvalue weighted by atomic mass is 9.88. The van der Waals surface area contributed by atoms with Gasteiger partial charge in [-0.15, -0.1) is 0 Å². The molecular weight excluding hydrogens is 358 g/mol. The van der Waals surface area contributed by atoms with Crippen molar-refractivity contribution < 1.29 is 14.6 Å². The van der Waals surface area contributed by atoms with Crippen LogP contribution in [-0.4, -0.2) is 62.2 Å². The Hall–Kier alpha value is -2.16. The summed E-state index contributed by atoms with van der Waals surface area (Å²) in [5.41, 5.74) is 1.05. The van der Waals surface area contributed by atoms with Gasteiger partial charge in [-0.1, -0.05) is 11.6 Å². The molecule has 0 aliphatic carbocycles. The molecule has 2 aromatic rings. The van der Waals surface area contributed by atoms with Crippen LogP contribution < -0.4 is 5.32 Å². The highest BCUT2D eigenvalue weighted by atomic mass is 35.5. The number of nitrogens with zero attached hydrogens (tertiary/aromatic N) is 4. The number of likely N-dealkylation sites (tertiary alicyclic amines) is 1. The molecule has 1 unspecified atom stereocenters. The van der Waals surface area contributed by atoms with E-state index in [2.05, 4.69) is 15.4 Å². The lowest BCUT2D eigenvalue weighted by Gasteiger charge is -2.38. The van der Waals surface area contributed by atoms with Crippen LogP contribution in [0, 0.1) is 0 Å². The average molecular weight is 378 g/mol. The average Bonchev–Trinajstić information content (AvgIpc) is 3.26. The van der Waals surface area contributed by atoms with E-state index in [1.54, 1.807) is 34.1 Å². The van der Waals surface area contributed by atoms with E-state index in [4.69, 9.17) is 16.3 Å². The molecule has 8 nitrogen and oxygen atoms in total. The molecule has 26 heavy (non-hydrogen) atoms. The third kappa shape index (κ3) is 3.40. The van der Waals surface area contributed by atoms with Crippen LogP contribution in [0.4, 0.5) is 10.5 Å². The van der Waals surface area contributed by atoms with Crippen molar-refractivity contribution in [3.63, 3.8) is 0 Å². The number of ether oxygens (including phenoxy) is 1. The van der Waals surface area contributed by atoms with Crippen molar-refractivity contribution in [2.45, 2.75) is 31.0 Å². The van der Waals surface area contributed by atoms with Crippen LogP contribution >= 0.6 is 11.6 Å². The van der Waals surface area contributed by atoms with Gasteiger partial charge in [0.15, 0.2) is 0 Å². The fraction of sp³-hybridized carbons (Fsp3) is 0.471. The third-order valence-corrected chi connectivity index (χ3v) is 5.32. The Bertz CT molecular complexity index is 790. The minimum atomic E-state index is -0.388. The van der Waals surface area contributed by atoms with E-state index in [-0.39, 0.29) is 17.7 Å². The Morgan fingerprint density at radius 3 is 2.81 bits per heavy atom. The molecule has 1 aromatic heterocycles. The Kier molecular flexibility index (Phi) is 4.56. The summed E-state index contributed by atoms with van der Waals surface area (Å²) in [4.78, 5) is 18.2.